The molecule has 0 aliphatic carbocycles. The summed E-state index contributed by atoms with van der Waals surface area (Å²) in [6.45, 7) is 0. The molecule has 0 atom stereocenters. The fourth-order valence-electron chi connectivity index (χ4n) is 6.84. The van der Waals surface area contributed by atoms with Crippen molar-refractivity contribution in [1.82, 2.24) is 0 Å². The molecule has 9 aromatic rings. The van der Waals surface area contributed by atoms with Crippen molar-refractivity contribution in [2.45, 2.75) is 0 Å². The molecule has 0 N–H and O–H groups in total. The highest BCUT2D eigenvalue weighted by molar-refractivity contribution is 7.25. The zero-order chi connectivity index (χ0) is 31.9. The van der Waals surface area contributed by atoms with Crippen molar-refractivity contribution in [2.75, 3.05) is 4.90 Å². The molecule has 0 bridgehead atoms. The Labute approximate surface area is 284 Å². The molecule has 48 heavy (non-hydrogen) atoms. The van der Waals surface area contributed by atoms with Crippen LogP contribution in [0.5, 0.6) is 0 Å². The number of para-hydroxylation sites is 1. The third-order valence-electron chi connectivity index (χ3n) is 9.27. The summed E-state index contributed by atoms with van der Waals surface area (Å²) < 4.78 is 2.64. The van der Waals surface area contributed by atoms with Gasteiger partial charge in [-0.25, -0.2) is 0 Å². The molecule has 0 amide bonds. The summed E-state index contributed by atoms with van der Waals surface area (Å²) in [6, 6.07) is 68.2. The first-order chi connectivity index (χ1) is 23.8. The van der Waals surface area contributed by atoms with Gasteiger partial charge in [0, 0.05) is 37.1 Å². The molecule has 0 saturated carbocycles. The predicted octanol–water partition coefficient (Wildman–Crippen LogP) is 13.7. The van der Waals surface area contributed by atoms with Crippen LogP contribution < -0.4 is 4.90 Å². The van der Waals surface area contributed by atoms with Gasteiger partial charge >= 0.3 is 0 Å². The van der Waals surface area contributed by atoms with Crippen molar-refractivity contribution in [3.05, 3.63) is 188 Å². The van der Waals surface area contributed by atoms with E-state index in [0.29, 0.717) is 0 Å². The van der Waals surface area contributed by atoms with Crippen LogP contribution in [-0.2, 0) is 0 Å². The average Bonchev–Trinajstić information content (AvgIpc) is 3.54. The fourth-order valence-corrected chi connectivity index (χ4v) is 7.93. The van der Waals surface area contributed by atoms with Gasteiger partial charge in [-0.3, -0.25) is 0 Å². The van der Waals surface area contributed by atoms with Crippen molar-refractivity contribution in [3.63, 3.8) is 0 Å². The Bertz CT molecular complexity index is 2540. The van der Waals surface area contributed by atoms with Gasteiger partial charge in [-0.1, -0.05) is 133 Å². The second-order valence-electron chi connectivity index (χ2n) is 12.2. The van der Waals surface area contributed by atoms with Gasteiger partial charge in [0.15, 0.2) is 0 Å². The first-order valence-electron chi connectivity index (χ1n) is 16.3. The highest BCUT2D eigenvalue weighted by atomic mass is 32.1. The van der Waals surface area contributed by atoms with Crippen LogP contribution in [0.3, 0.4) is 0 Å². The Kier molecular flexibility index (Phi) is 7.07. The van der Waals surface area contributed by atoms with Crippen molar-refractivity contribution in [2.24, 2.45) is 0 Å². The lowest BCUT2D eigenvalue weighted by molar-refractivity contribution is 1.28. The topological polar surface area (TPSA) is 3.24 Å². The zero-order valence-corrected chi connectivity index (χ0v) is 27.1. The SMILES string of the molecule is c1ccc(-c2ccc(N(c3ccc(-c4ccc5ccccc5c4)cc3)c3ccccc3-c3ccc4sc5ccccc5c4c3)cc2)cc1. The number of nitrogens with zero attached hydrogens (tertiary/aromatic N) is 1. The van der Waals surface area contributed by atoms with E-state index in [0.717, 1.165) is 17.1 Å². The summed E-state index contributed by atoms with van der Waals surface area (Å²) in [7, 11) is 0. The molecule has 0 saturated heterocycles. The van der Waals surface area contributed by atoms with Crippen LogP contribution in [0.1, 0.15) is 0 Å². The van der Waals surface area contributed by atoms with Gasteiger partial charge in [-0.2, -0.15) is 0 Å². The minimum absolute atomic E-state index is 1.11. The number of benzene rings is 8. The third-order valence-corrected chi connectivity index (χ3v) is 10.4. The van der Waals surface area contributed by atoms with E-state index in [9.17, 15) is 0 Å². The van der Waals surface area contributed by atoms with Crippen LogP contribution in [-0.4, -0.2) is 0 Å². The number of hydrogen-bond donors (Lipinski definition) is 0. The van der Waals surface area contributed by atoms with Gasteiger partial charge in [-0.15, -0.1) is 11.3 Å². The first-order valence-corrected chi connectivity index (χ1v) is 17.2. The van der Waals surface area contributed by atoms with Gasteiger partial charge in [0.05, 0.1) is 5.69 Å². The summed E-state index contributed by atoms with van der Waals surface area (Å²) in [6.07, 6.45) is 0. The average molecular weight is 630 g/mol. The van der Waals surface area contributed by atoms with E-state index in [1.807, 2.05) is 11.3 Å². The molecule has 0 spiro atoms. The molecule has 8 aromatic carbocycles. The minimum Gasteiger partial charge on any atom is -0.310 e. The Balaban J connectivity index is 1.17. The summed E-state index contributed by atoms with van der Waals surface area (Å²) in [5, 5.41) is 5.13. The van der Waals surface area contributed by atoms with E-state index in [2.05, 4.69) is 193 Å². The maximum atomic E-state index is 2.39. The lowest BCUT2D eigenvalue weighted by atomic mass is 9.98. The van der Waals surface area contributed by atoms with Gasteiger partial charge in [-0.05, 0) is 93.2 Å². The second kappa shape index (κ2) is 12.0. The van der Waals surface area contributed by atoms with Crippen LogP contribution in [0, 0.1) is 0 Å². The van der Waals surface area contributed by atoms with Crippen LogP contribution in [0.25, 0.3) is 64.3 Å². The molecule has 0 fully saturated rings. The van der Waals surface area contributed by atoms with Crippen LogP contribution in [0.4, 0.5) is 17.1 Å². The van der Waals surface area contributed by atoms with Crippen LogP contribution in [0.15, 0.2) is 188 Å². The first kappa shape index (κ1) is 28.3. The molecular weight excluding hydrogens is 599 g/mol. The standard InChI is InChI=1S/C46H31NS/c1-2-10-32(11-3-1)34-20-25-39(26-21-34)47(40-27-22-35(23-28-40)37-19-18-33-12-4-5-13-36(33)30-37)44-16-8-6-14-41(44)38-24-29-46-43(31-38)42-15-7-9-17-45(42)48-46/h1-31H. The van der Waals surface area contributed by atoms with E-state index in [-0.39, 0.29) is 0 Å². The predicted molar refractivity (Wildman–Crippen MR) is 208 cm³/mol. The molecule has 1 nitrogen and oxygen atoms in total. The molecule has 0 radical (unpaired) electrons. The second-order valence-corrected chi connectivity index (χ2v) is 13.3. The Morgan fingerprint density at radius 3 is 1.69 bits per heavy atom. The summed E-state index contributed by atoms with van der Waals surface area (Å²) >= 11 is 1.86. The number of thiophene rings is 1. The van der Waals surface area contributed by atoms with Gasteiger partial charge < -0.3 is 4.90 Å². The minimum atomic E-state index is 1.11. The van der Waals surface area contributed by atoms with E-state index >= 15 is 0 Å². The van der Waals surface area contributed by atoms with Gasteiger partial charge in [0.25, 0.3) is 0 Å². The summed E-state index contributed by atoms with van der Waals surface area (Å²) in [5.74, 6) is 0. The highest BCUT2D eigenvalue weighted by Crippen LogP contribution is 2.43. The monoisotopic (exact) mass is 629 g/mol. The third kappa shape index (κ3) is 5.13. The Morgan fingerprint density at radius 1 is 0.333 bits per heavy atom. The molecule has 0 unspecified atom stereocenters. The summed E-state index contributed by atoms with van der Waals surface area (Å²) in [4.78, 5) is 2.39. The van der Waals surface area contributed by atoms with Crippen LogP contribution in [0.2, 0.25) is 0 Å². The molecular formula is C46H31NS. The van der Waals surface area contributed by atoms with E-state index < -0.39 is 0 Å². The molecule has 0 aliphatic heterocycles. The Hall–Kier alpha value is -5.96. The zero-order valence-electron chi connectivity index (χ0n) is 26.3. The normalized spacial score (nSPS) is 11.3. The van der Waals surface area contributed by atoms with E-state index in [4.69, 9.17) is 0 Å². The maximum Gasteiger partial charge on any atom is 0.0540 e. The maximum absolute atomic E-state index is 2.39. The van der Waals surface area contributed by atoms with Crippen molar-refractivity contribution in [1.29, 1.82) is 0 Å². The molecule has 2 heteroatoms. The van der Waals surface area contributed by atoms with E-state index in [1.165, 1.54) is 64.3 Å². The van der Waals surface area contributed by atoms with Crippen molar-refractivity contribution >= 4 is 59.3 Å². The van der Waals surface area contributed by atoms with Gasteiger partial charge in [0.2, 0.25) is 0 Å². The molecule has 1 aromatic heterocycles. The van der Waals surface area contributed by atoms with E-state index in [1.54, 1.807) is 0 Å². The highest BCUT2D eigenvalue weighted by Gasteiger charge is 2.18. The number of fused-ring (bicyclic) bond motifs is 4. The van der Waals surface area contributed by atoms with Crippen molar-refractivity contribution < 1.29 is 0 Å². The Morgan fingerprint density at radius 2 is 0.896 bits per heavy atom. The van der Waals surface area contributed by atoms with Crippen molar-refractivity contribution in [3.8, 4) is 33.4 Å². The molecule has 1 heterocycles. The molecule has 226 valence electrons. The summed E-state index contributed by atoms with van der Waals surface area (Å²) in [5.41, 5.74) is 10.6. The number of anilines is 3. The van der Waals surface area contributed by atoms with Crippen LogP contribution >= 0.6 is 11.3 Å². The number of hydrogen-bond acceptors (Lipinski definition) is 2. The quantitative estimate of drug-likeness (QED) is 0.177. The molecule has 9 rings (SSSR count). The lowest BCUT2D eigenvalue weighted by Gasteiger charge is -2.28. The van der Waals surface area contributed by atoms with Gasteiger partial charge in [0.1, 0.15) is 0 Å². The fraction of sp³-hybridized carbons (Fsp3) is 0. The smallest absolute Gasteiger partial charge is 0.0540 e. The number of rotatable bonds is 6. The molecule has 0 aliphatic rings. The largest absolute Gasteiger partial charge is 0.310 e. The lowest BCUT2D eigenvalue weighted by Crippen LogP contribution is -2.11.